The minimum Gasteiger partial charge on any atom is -0.462 e. The van der Waals surface area contributed by atoms with Crippen molar-refractivity contribution in [3.63, 3.8) is 0 Å². The first kappa shape index (κ1) is 58.6. The molecule has 0 aromatic heterocycles. The van der Waals surface area contributed by atoms with Gasteiger partial charge in [0.05, 0.1) is 0 Å². The zero-order valence-electron chi connectivity index (χ0n) is 40.7. The molecule has 0 amide bonds. The number of allylic oxidation sites excluding steroid dienone is 6. The second kappa shape index (κ2) is 50.3. The van der Waals surface area contributed by atoms with Crippen molar-refractivity contribution in [3.8, 4) is 0 Å². The normalized spacial score (nSPS) is 12.2. The minimum absolute atomic E-state index is 0.0763. The number of unbranched alkanes of at least 4 members (excludes halogenated alkanes) is 31. The molecule has 6 nitrogen and oxygen atoms in total. The summed E-state index contributed by atoms with van der Waals surface area (Å²) in [6.07, 6.45) is 58.4. The molecule has 0 rings (SSSR count). The molecule has 0 fully saturated rings. The molecule has 0 spiro atoms. The molecule has 0 aliphatic heterocycles. The predicted octanol–water partition coefficient (Wildman–Crippen LogP) is 17.3. The maximum absolute atomic E-state index is 12.8. The molecule has 0 radical (unpaired) electrons. The first-order valence-corrected chi connectivity index (χ1v) is 26.5. The molecule has 1 atom stereocenters. The van der Waals surface area contributed by atoms with E-state index in [2.05, 4.69) is 57.2 Å². The number of ether oxygens (including phenoxy) is 3. The van der Waals surface area contributed by atoms with Gasteiger partial charge in [-0.05, 0) is 70.6 Å². The van der Waals surface area contributed by atoms with Crippen molar-refractivity contribution in [2.24, 2.45) is 0 Å². The van der Waals surface area contributed by atoms with Crippen LogP contribution in [0.2, 0.25) is 0 Å². The van der Waals surface area contributed by atoms with Gasteiger partial charge in [0.25, 0.3) is 0 Å². The van der Waals surface area contributed by atoms with E-state index in [9.17, 15) is 14.4 Å². The van der Waals surface area contributed by atoms with Crippen LogP contribution in [0.25, 0.3) is 0 Å². The van der Waals surface area contributed by atoms with Crippen LogP contribution in [0.3, 0.4) is 0 Å². The van der Waals surface area contributed by atoms with E-state index < -0.39 is 6.10 Å². The van der Waals surface area contributed by atoms with Crippen LogP contribution in [0.5, 0.6) is 0 Å². The quantitative estimate of drug-likeness (QED) is 0.0262. The van der Waals surface area contributed by atoms with Crippen molar-refractivity contribution in [1.29, 1.82) is 0 Å². The van der Waals surface area contributed by atoms with Crippen LogP contribution in [-0.2, 0) is 28.6 Å². The summed E-state index contributed by atoms with van der Waals surface area (Å²) in [5.41, 5.74) is 0. The van der Waals surface area contributed by atoms with Crippen molar-refractivity contribution in [3.05, 3.63) is 36.5 Å². The average Bonchev–Trinajstić information content (AvgIpc) is 3.26. The Morgan fingerprint density at radius 2 is 0.623 bits per heavy atom. The highest BCUT2D eigenvalue weighted by Crippen LogP contribution is 2.15. The molecule has 0 aliphatic rings. The molecule has 0 aromatic rings. The van der Waals surface area contributed by atoms with Gasteiger partial charge in [0.2, 0.25) is 0 Å². The summed E-state index contributed by atoms with van der Waals surface area (Å²) in [4.78, 5) is 38.0. The lowest BCUT2D eigenvalue weighted by atomic mass is 10.0. The van der Waals surface area contributed by atoms with Gasteiger partial charge in [0, 0.05) is 19.3 Å². The Hall–Kier alpha value is -2.37. The van der Waals surface area contributed by atoms with Crippen LogP contribution >= 0.6 is 0 Å². The molecule has 1 unspecified atom stereocenters. The van der Waals surface area contributed by atoms with Crippen LogP contribution < -0.4 is 0 Å². The lowest BCUT2D eigenvalue weighted by molar-refractivity contribution is -0.167. The van der Waals surface area contributed by atoms with Gasteiger partial charge in [-0.3, -0.25) is 14.4 Å². The highest BCUT2D eigenvalue weighted by Gasteiger charge is 2.19. The highest BCUT2D eigenvalue weighted by atomic mass is 16.6. The molecular weight excluding hydrogens is 757 g/mol. The molecule has 356 valence electrons. The molecule has 0 bridgehead atoms. The van der Waals surface area contributed by atoms with E-state index >= 15 is 0 Å². The van der Waals surface area contributed by atoms with Gasteiger partial charge >= 0.3 is 17.9 Å². The summed E-state index contributed by atoms with van der Waals surface area (Å²) in [7, 11) is 0. The summed E-state index contributed by atoms with van der Waals surface area (Å²) < 4.78 is 16.8. The van der Waals surface area contributed by atoms with Crippen molar-refractivity contribution < 1.29 is 28.6 Å². The van der Waals surface area contributed by atoms with E-state index in [1.807, 2.05) is 0 Å². The zero-order valence-corrected chi connectivity index (χ0v) is 40.7. The summed E-state index contributed by atoms with van der Waals surface area (Å²) in [5, 5.41) is 0. The Morgan fingerprint density at radius 3 is 0.984 bits per heavy atom. The standard InChI is InChI=1S/C55H100O6/c1-4-7-10-13-16-19-22-25-26-27-28-31-33-36-39-42-45-48-54(57)60-51-52(61-55(58)49-46-43-40-37-34-30-24-21-18-15-12-9-6-3)50-59-53(56)47-44-41-38-35-32-29-23-20-17-14-11-8-5-2/h12,15,21,24-26,52H,4-11,13-14,16-20,22-23,27-51H2,1-3H3/b15-12-,24-21-,26-25-. The van der Waals surface area contributed by atoms with Gasteiger partial charge in [-0.15, -0.1) is 0 Å². The number of esters is 3. The van der Waals surface area contributed by atoms with Crippen LogP contribution in [0.4, 0.5) is 0 Å². The summed E-state index contributed by atoms with van der Waals surface area (Å²) in [5.74, 6) is -0.884. The lowest BCUT2D eigenvalue weighted by Gasteiger charge is -2.18. The Morgan fingerprint density at radius 1 is 0.328 bits per heavy atom. The molecule has 0 saturated carbocycles. The summed E-state index contributed by atoms with van der Waals surface area (Å²) in [6.45, 7) is 6.58. The maximum Gasteiger partial charge on any atom is 0.306 e. The Balaban J connectivity index is 4.35. The highest BCUT2D eigenvalue weighted by molar-refractivity contribution is 5.71. The number of rotatable bonds is 48. The van der Waals surface area contributed by atoms with Crippen molar-refractivity contribution >= 4 is 17.9 Å². The van der Waals surface area contributed by atoms with Crippen molar-refractivity contribution in [2.75, 3.05) is 13.2 Å². The number of hydrogen-bond donors (Lipinski definition) is 0. The van der Waals surface area contributed by atoms with Gasteiger partial charge in [0.1, 0.15) is 13.2 Å². The first-order valence-electron chi connectivity index (χ1n) is 26.5. The largest absolute Gasteiger partial charge is 0.462 e. The minimum atomic E-state index is -0.777. The van der Waals surface area contributed by atoms with E-state index in [1.165, 1.54) is 148 Å². The van der Waals surface area contributed by atoms with Crippen LogP contribution in [0.1, 0.15) is 278 Å². The fourth-order valence-corrected chi connectivity index (χ4v) is 7.59. The van der Waals surface area contributed by atoms with E-state index in [0.29, 0.717) is 19.3 Å². The monoisotopic (exact) mass is 857 g/mol. The predicted molar refractivity (Wildman–Crippen MR) is 261 cm³/mol. The smallest absolute Gasteiger partial charge is 0.306 e. The van der Waals surface area contributed by atoms with E-state index in [4.69, 9.17) is 14.2 Å². The summed E-state index contributed by atoms with van der Waals surface area (Å²) >= 11 is 0. The fourth-order valence-electron chi connectivity index (χ4n) is 7.59. The van der Waals surface area contributed by atoms with Gasteiger partial charge < -0.3 is 14.2 Å². The second-order valence-electron chi connectivity index (χ2n) is 17.8. The third-order valence-electron chi connectivity index (χ3n) is 11.6. The number of carbonyl (C=O) groups is 3. The second-order valence-corrected chi connectivity index (χ2v) is 17.8. The maximum atomic E-state index is 12.8. The van der Waals surface area contributed by atoms with Gasteiger partial charge in [0.15, 0.2) is 6.10 Å². The molecular formula is C55H100O6. The zero-order chi connectivity index (χ0) is 44.4. The van der Waals surface area contributed by atoms with Crippen molar-refractivity contribution in [1.82, 2.24) is 0 Å². The van der Waals surface area contributed by atoms with Crippen LogP contribution in [-0.4, -0.2) is 37.2 Å². The average molecular weight is 857 g/mol. The molecule has 0 N–H and O–H groups in total. The lowest BCUT2D eigenvalue weighted by Crippen LogP contribution is -2.30. The van der Waals surface area contributed by atoms with Gasteiger partial charge in [-0.25, -0.2) is 0 Å². The van der Waals surface area contributed by atoms with Crippen molar-refractivity contribution in [2.45, 2.75) is 284 Å². The first-order chi connectivity index (χ1) is 30.0. The Kier molecular flexibility index (Phi) is 48.3. The molecule has 61 heavy (non-hydrogen) atoms. The SMILES string of the molecule is CCC/C=C\C/C=C\CCCCCCCC(=O)OC(COC(=O)CCCCCCCCC/C=C\CCCCCCCC)COC(=O)CCCCCCCCCCCCCCC. The topological polar surface area (TPSA) is 78.9 Å². The van der Waals surface area contributed by atoms with Crippen LogP contribution in [0.15, 0.2) is 36.5 Å². The van der Waals surface area contributed by atoms with Crippen LogP contribution in [0, 0.1) is 0 Å². The van der Waals surface area contributed by atoms with Gasteiger partial charge in [-0.2, -0.15) is 0 Å². The molecule has 0 aliphatic carbocycles. The molecule has 0 heterocycles. The van der Waals surface area contributed by atoms with Gasteiger partial charge in [-0.1, -0.05) is 224 Å². The number of hydrogen-bond acceptors (Lipinski definition) is 6. The van der Waals surface area contributed by atoms with E-state index in [-0.39, 0.29) is 31.1 Å². The Bertz CT molecular complexity index is 1030. The number of carbonyl (C=O) groups excluding carboxylic acids is 3. The summed E-state index contributed by atoms with van der Waals surface area (Å²) in [6, 6.07) is 0. The molecule has 6 heteroatoms. The van der Waals surface area contributed by atoms with E-state index in [0.717, 1.165) is 89.9 Å². The third-order valence-corrected chi connectivity index (χ3v) is 11.6. The molecule has 0 saturated heterocycles. The van der Waals surface area contributed by atoms with E-state index in [1.54, 1.807) is 0 Å². The fraction of sp³-hybridized carbons (Fsp3) is 0.836. The third kappa shape index (κ3) is 48.5. The molecule has 0 aromatic carbocycles. The Labute approximate surface area is 378 Å².